The zero-order chi connectivity index (χ0) is 11.3. The monoisotopic (exact) mass is 211 g/mol. The van der Waals surface area contributed by atoms with Crippen molar-refractivity contribution in [3.05, 3.63) is 53.6 Å². The van der Waals surface area contributed by atoms with Gasteiger partial charge in [0.2, 0.25) is 0 Å². The van der Waals surface area contributed by atoms with Crippen molar-refractivity contribution in [2.24, 2.45) is 0 Å². The Morgan fingerprint density at radius 1 is 1.25 bits per heavy atom. The number of fused-ring (bicyclic) bond motifs is 3. The third-order valence-electron chi connectivity index (χ3n) is 3.96. The first-order valence-electron chi connectivity index (χ1n) is 5.83. The van der Waals surface area contributed by atoms with E-state index in [0.29, 0.717) is 6.04 Å². The number of allylic oxidation sites excluding steroid dienone is 2. The van der Waals surface area contributed by atoms with E-state index in [2.05, 4.69) is 68.3 Å². The van der Waals surface area contributed by atoms with Crippen LogP contribution in [0.4, 0.5) is 5.69 Å². The van der Waals surface area contributed by atoms with E-state index in [9.17, 15) is 0 Å². The first-order chi connectivity index (χ1) is 7.63. The zero-order valence-electron chi connectivity index (χ0n) is 10.1. The third-order valence-corrected chi connectivity index (χ3v) is 3.96. The summed E-state index contributed by atoms with van der Waals surface area (Å²) in [7, 11) is 2.19. The van der Waals surface area contributed by atoms with Crippen LogP contribution in [-0.2, 0) is 5.41 Å². The van der Waals surface area contributed by atoms with Gasteiger partial charge in [0.1, 0.15) is 0 Å². The maximum Gasteiger partial charge on any atom is 0.0602 e. The molecule has 0 saturated heterocycles. The van der Waals surface area contributed by atoms with Crippen LogP contribution in [0, 0.1) is 0 Å². The van der Waals surface area contributed by atoms with E-state index in [-0.39, 0.29) is 5.41 Å². The Balaban J connectivity index is 2.25. The molecule has 1 heteroatoms. The van der Waals surface area contributed by atoms with E-state index in [1.165, 1.54) is 16.8 Å². The average Bonchev–Trinajstić information content (AvgIpc) is 2.49. The van der Waals surface area contributed by atoms with Gasteiger partial charge in [-0.05, 0) is 25.5 Å². The first kappa shape index (κ1) is 9.71. The summed E-state index contributed by atoms with van der Waals surface area (Å²) >= 11 is 0. The molecule has 2 aliphatic rings. The Morgan fingerprint density at radius 3 is 2.81 bits per heavy atom. The number of para-hydroxylation sites is 1. The predicted molar refractivity (Wildman–Crippen MR) is 68.9 cm³/mol. The lowest BCUT2D eigenvalue weighted by molar-refractivity contribution is 0.537. The molecule has 82 valence electrons. The fourth-order valence-corrected chi connectivity index (χ4v) is 3.20. The fraction of sp³-hybridized carbons (Fsp3) is 0.333. The molecule has 0 N–H and O–H groups in total. The molecule has 0 spiro atoms. The molecule has 1 aliphatic heterocycles. The number of hydrogen-bond donors (Lipinski definition) is 0. The van der Waals surface area contributed by atoms with E-state index in [1.54, 1.807) is 0 Å². The Hall–Kier alpha value is -1.50. The highest BCUT2D eigenvalue weighted by molar-refractivity contribution is 5.68. The van der Waals surface area contributed by atoms with Gasteiger partial charge in [-0.2, -0.15) is 0 Å². The average molecular weight is 211 g/mol. The van der Waals surface area contributed by atoms with Crippen molar-refractivity contribution in [1.82, 2.24) is 0 Å². The SMILES string of the molecule is CC1=CC2(C)c3ccccc3N(C)C2C=C1. The van der Waals surface area contributed by atoms with Gasteiger partial charge in [-0.25, -0.2) is 0 Å². The molecule has 0 amide bonds. The number of rotatable bonds is 0. The van der Waals surface area contributed by atoms with Gasteiger partial charge >= 0.3 is 0 Å². The van der Waals surface area contributed by atoms with Crippen LogP contribution in [0.25, 0.3) is 0 Å². The van der Waals surface area contributed by atoms with Crippen LogP contribution in [-0.4, -0.2) is 13.1 Å². The summed E-state index contributed by atoms with van der Waals surface area (Å²) in [6.45, 7) is 4.52. The van der Waals surface area contributed by atoms with Crippen LogP contribution in [0.15, 0.2) is 48.1 Å². The Kier molecular flexibility index (Phi) is 1.82. The molecule has 0 saturated carbocycles. The lowest BCUT2D eigenvalue weighted by Crippen LogP contribution is -2.39. The molecule has 0 bridgehead atoms. The zero-order valence-corrected chi connectivity index (χ0v) is 10.1. The minimum atomic E-state index is 0.143. The number of benzene rings is 1. The van der Waals surface area contributed by atoms with Gasteiger partial charge in [-0.15, -0.1) is 0 Å². The minimum absolute atomic E-state index is 0.143. The van der Waals surface area contributed by atoms with Crippen molar-refractivity contribution < 1.29 is 0 Å². The van der Waals surface area contributed by atoms with Crippen LogP contribution in [0.2, 0.25) is 0 Å². The minimum Gasteiger partial charge on any atom is -0.367 e. The summed E-state index contributed by atoms with van der Waals surface area (Å²) in [6.07, 6.45) is 6.96. The molecule has 0 radical (unpaired) electrons. The molecule has 1 aromatic carbocycles. The van der Waals surface area contributed by atoms with E-state index in [1.807, 2.05) is 0 Å². The number of hydrogen-bond acceptors (Lipinski definition) is 1. The summed E-state index contributed by atoms with van der Waals surface area (Å²) in [5, 5.41) is 0. The summed E-state index contributed by atoms with van der Waals surface area (Å²) in [6, 6.07) is 9.21. The predicted octanol–water partition coefficient (Wildman–Crippen LogP) is 3.28. The van der Waals surface area contributed by atoms with E-state index >= 15 is 0 Å². The molecule has 1 nitrogen and oxygen atoms in total. The van der Waals surface area contributed by atoms with E-state index in [4.69, 9.17) is 0 Å². The molecule has 16 heavy (non-hydrogen) atoms. The van der Waals surface area contributed by atoms with Crippen molar-refractivity contribution in [2.45, 2.75) is 25.3 Å². The van der Waals surface area contributed by atoms with Crippen LogP contribution in [0.3, 0.4) is 0 Å². The van der Waals surface area contributed by atoms with Crippen LogP contribution in [0.1, 0.15) is 19.4 Å². The maximum absolute atomic E-state index is 2.40. The highest BCUT2D eigenvalue weighted by atomic mass is 15.2. The molecular weight excluding hydrogens is 194 g/mol. The maximum atomic E-state index is 2.40. The molecule has 3 rings (SSSR count). The molecule has 1 aliphatic carbocycles. The summed E-state index contributed by atoms with van der Waals surface area (Å²) in [5.74, 6) is 0. The van der Waals surface area contributed by atoms with Crippen molar-refractivity contribution in [2.75, 3.05) is 11.9 Å². The highest BCUT2D eigenvalue weighted by Crippen LogP contribution is 2.47. The van der Waals surface area contributed by atoms with E-state index in [0.717, 1.165) is 0 Å². The highest BCUT2D eigenvalue weighted by Gasteiger charge is 2.44. The molecule has 1 aromatic rings. The molecule has 0 aromatic heterocycles. The van der Waals surface area contributed by atoms with Gasteiger partial charge in [0, 0.05) is 18.2 Å². The van der Waals surface area contributed by atoms with Gasteiger partial charge in [-0.3, -0.25) is 0 Å². The topological polar surface area (TPSA) is 3.24 Å². The number of likely N-dealkylation sites (N-methyl/N-ethyl adjacent to an activating group) is 1. The van der Waals surface area contributed by atoms with Gasteiger partial charge in [-0.1, -0.05) is 42.0 Å². The largest absolute Gasteiger partial charge is 0.367 e. The van der Waals surface area contributed by atoms with Gasteiger partial charge in [0.25, 0.3) is 0 Å². The second-order valence-electron chi connectivity index (χ2n) is 5.10. The quantitative estimate of drug-likeness (QED) is 0.636. The van der Waals surface area contributed by atoms with Crippen LogP contribution >= 0.6 is 0 Å². The van der Waals surface area contributed by atoms with Gasteiger partial charge in [0.05, 0.1) is 6.04 Å². The number of anilines is 1. The van der Waals surface area contributed by atoms with Crippen LogP contribution in [0.5, 0.6) is 0 Å². The summed E-state index contributed by atoms with van der Waals surface area (Å²) in [4.78, 5) is 2.38. The Labute approximate surface area is 97.1 Å². The molecular formula is C15H17N. The third kappa shape index (κ3) is 1.06. The summed E-state index contributed by atoms with van der Waals surface area (Å²) < 4.78 is 0. The fourth-order valence-electron chi connectivity index (χ4n) is 3.20. The van der Waals surface area contributed by atoms with E-state index < -0.39 is 0 Å². The van der Waals surface area contributed by atoms with Gasteiger partial charge in [0.15, 0.2) is 0 Å². The normalized spacial score (nSPS) is 31.1. The number of nitrogens with zero attached hydrogens (tertiary/aromatic N) is 1. The first-order valence-corrected chi connectivity index (χ1v) is 5.83. The van der Waals surface area contributed by atoms with Crippen molar-refractivity contribution in [3.63, 3.8) is 0 Å². The van der Waals surface area contributed by atoms with Crippen molar-refractivity contribution in [3.8, 4) is 0 Å². The molecule has 2 atom stereocenters. The lowest BCUT2D eigenvalue weighted by Gasteiger charge is -2.33. The Morgan fingerprint density at radius 2 is 2.00 bits per heavy atom. The molecule has 2 unspecified atom stereocenters. The smallest absolute Gasteiger partial charge is 0.0602 e. The van der Waals surface area contributed by atoms with Gasteiger partial charge < -0.3 is 4.90 Å². The Bertz CT molecular complexity index is 498. The van der Waals surface area contributed by atoms with Crippen LogP contribution < -0.4 is 4.90 Å². The van der Waals surface area contributed by atoms with Crippen molar-refractivity contribution in [1.29, 1.82) is 0 Å². The lowest BCUT2D eigenvalue weighted by atomic mass is 9.74. The standard InChI is InChI=1S/C15H17N/c1-11-8-9-14-15(2,10-11)12-6-4-5-7-13(12)16(14)3/h4-10,14H,1-3H3. The molecule has 0 fully saturated rings. The summed E-state index contributed by atoms with van der Waals surface area (Å²) in [5.41, 5.74) is 4.32. The van der Waals surface area contributed by atoms with Crippen molar-refractivity contribution >= 4 is 5.69 Å². The second kappa shape index (κ2) is 3.00. The second-order valence-corrected chi connectivity index (χ2v) is 5.10. The molecule has 1 heterocycles.